The minimum atomic E-state index is 0.146. The molecule has 0 unspecified atom stereocenters. The van der Waals surface area contributed by atoms with Crippen LogP contribution >= 0.6 is 0 Å². The minimum absolute atomic E-state index is 0.146. The lowest BCUT2D eigenvalue weighted by Crippen LogP contribution is -2.23. The molecule has 28 heavy (non-hydrogen) atoms. The summed E-state index contributed by atoms with van der Waals surface area (Å²) in [6, 6.07) is 8.09. The Labute approximate surface area is 161 Å². The molecule has 0 saturated carbocycles. The molecule has 0 aliphatic carbocycles. The van der Waals surface area contributed by atoms with Crippen molar-refractivity contribution in [1.29, 1.82) is 0 Å². The van der Waals surface area contributed by atoms with Crippen LogP contribution in [0.3, 0.4) is 0 Å². The smallest absolute Gasteiger partial charge is 0.244 e. The van der Waals surface area contributed by atoms with Gasteiger partial charge in [0.05, 0.1) is 6.04 Å². The first-order valence-corrected chi connectivity index (χ1v) is 9.28. The van der Waals surface area contributed by atoms with E-state index in [2.05, 4.69) is 30.0 Å². The molecule has 1 aliphatic rings. The fraction of sp³-hybridized carbons (Fsp3) is 0.250. The maximum atomic E-state index is 5.62. The number of pyridine rings is 2. The Morgan fingerprint density at radius 1 is 1.07 bits per heavy atom. The van der Waals surface area contributed by atoms with Gasteiger partial charge in [0.2, 0.25) is 11.7 Å². The molecule has 4 aromatic rings. The Kier molecular flexibility index (Phi) is 4.38. The van der Waals surface area contributed by atoms with Crippen LogP contribution < -0.4 is 0 Å². The molecule has 1 atom stereocenters. The lowest BCUT2D eigenvalue weighted by molar-refractivity contribution is 0.201. The molecule has 1 aliphatic heterocycles. The zero-order chi connectivity index (χ0) is 18.8. The molecule has 4 aromatic heterocycles. The van der Waals surface area contributed by atoms with E-state index in [1.165, 1.54) is 5.56 Å². The molecule has 1 saturated heterocycles. The van der Waals surface area contributed by atoms with Crippen LogP contribution in [0.4, 0.5) is 0 Å². The highest BCUT2D eigenvalue weighted by Crippen LogP contribution is 2.33. The van der Waals surface area contributed by atoms with Gasteiger partial charge in [-0.2, -0.15) is 4.98 Å². The summed E-state index contributed by atoms with van der Waals surface area (Å²) in [5.41, 5.74) is 2.07. The van der Waals surface area contributed by atoms with Gasteiger partial charge in [-0.15, -0.1) is 0 Å². The van der Waals surface area contributed by atoms with Crippen LogP contribution in [-0.2, 0) is 6.54 Å². The number of aromatic nitrogens is 6. The predicted octanol–water partition coefficient (Wildman–Crippen LogP) is 3.05. The van der Waals surface area contributed by atoms with Crippen LogP contribution in [0.2, 0.25) is 0 Å². The predicted molar refractivity (Wildman–Crippen MR) is 101 cm³/mol. The molecular formula is C20H19N7O. The molecule has 0 spiro atoms. The van der Waals surface area contributed by atoms with Crippen molar-refractivity contribution in [1.82, 2.24) is 34.6 Å². The second kappa shape index (κ2) is 7.32. The van der Waals surface area contributed by atoms with Crippen molar-refractivity contribution in [2.45, 2.75) is 25.4 Å². The zero-order valence-corrected chi connectivity index (χ0v) is 15.2. The van der Waals surface area contributed by atoms with Crippen molar-refractivity contribution in [2.24, 2.45) is 0 Å². The van der Waals surface area contributed by atoms with Crippen LogP contribution in [-0.4, -0.2) is 41.1 Å². The summed E-state index contributed by atoms with van der Waals surface area (Å²) in [4.78, 5) is 19.6. The quantitative estimate of drug-likeness (QED) is 0.531. The first kappa shape index (κ1) is 16.8. The number of rotatable bonds is 5. The van der Waals surface area contributed by atoms with Gasteiger partial charge in [-0.25, -0.2) is 9.97 Å². The molecular weight excluding hydrogens is 354 g/mol. The highest BCUT2D eigenvalue weighted by atomic mass is 16.5. The summed E-state index contributed by atoms with van der Waals surface area (Å²) < 4.78 is 7.46. The minimum Gasteiger partial charge on any atom is -0.337 e. The molecule has 0 bridgehead atoms. The first-order valence-electron chi connectivity index (χ1n) is 9.28. The topological polar surface area (TPSA) is 85.8 Å². The zero-order valence-electron chi connectivity index (χ0n) is 15.2. The van der Waals surface area contributed by atoms with Gasteiger partial charge >= 0.3 is 0 Å². The molecule has 140 valence electrons. The van der Waals surface area contributed by atoms with Crippen LogP contribution in [0.1, 0.15) is 30.3 Å². The maximum Gasteiger partial charge on any atom is 0.244 e. The molecule has 5 heterocycles. The second-order valence-corrected chi connectivity index (χ2v) is 6.82. The van der Waals surface area contributed by atoms with E-state index in [1.54, 1.807) is 18.7 Å². The van der Waals surface area contributed by atoms with Crippen LogP contribution in [0, 0.1) is 0 Å². The van der Waals surface area contributed by atoms with E-state index in [0.29, 0.717) is 11.7 Å². The Bertz CT molecular complexity index is 1030. The standard InChI is InChI=1S/C20H19N7O/c1-2-17(26(10-1)13-15-5-7-21-8-6-15)20-24-19(25-28-20)16-3-4-18(23-12-16)27-11-9-22-14-27/h3-9,11-12,14,17H,1-2,10,13H2/t17-/m0/s1. The Morgan fingerprint density at radius 3 is 2.79 bits per heavy atom. The Hall–Kier alpha value is -3.39. The van der Waals surface area contributed by atoms with Crippen molar-refractivity contribution >= 4 is 0 Å². The van der Waals surface area contributed by atoms with Gasteiger partial charge < -0.3 is 4.52 Å². The number of nitrogens with zero attached hydrogens (tertiary/aromatic N) is 7. The van der Waals surface area contributed by atoms with E-state index in [9.17, 15) is 0 Å². The van der Waals surface area contributed by atoms with Crippen molar-refractivity contribution in [3.8, 4) is 17.2 Å². The fourth-order valence-electron chi connectivity index (χ4n) is 3.57. The van der Waals surface area contributed by atoms with Crippen molar-refractivity contribution in [3.05, 3.63) is 73.0 Å². The Balaban J connectivity index is 1.34. The monoisotopic (exact) mass is 373 g/mol. The lowest BCUT2D eigenvalue weighted by atomic mass is 10.2. The average Bonchev–Trinajstić information content (AvgIpc) is 3.50. The number of hydrogen-bond donors (Lipinski definition) is 0. The number of likely N-dealkylation sites (tertiary alicyclic amines) is 1. The molecule has 8 heteroatoms. The highest BCUT2D eigenvalue weighted by Gasteiger charge is 2.30. The van der Waals surface area contributed by atoms with E-state index in [4.69, 9.17) is 4.52 Å². The van der Waals surface area contributed by atoms with Crippen LogP contribution in [0.5, 0.6) is 0 Å². The number of hydrogen-bond acceptors (Lipinski definition) is 7. The van der Waals surface area contributed by atoms with Gasteiger partial charge in [-0.1, -0.05) is 5.16 Å². The largest absolute Gasteiger partial charge is 0.337 e. The lowest BCUT2D eigenvalue weighted by Gasteiger charge is -2.21. The molecule has 1 fully saturated rings. The van der Waals surface area contributed by atoms with E-state index in [1.807, 2.05) is 47.4 Å². The molecule has 8 nitrogen and oxygen atoms in total. The van der Waals surface area contributed by atoms with Crippen LogP contribution in [0.15, 0.2) is 66.1 Å². The van der Waals surface area contributed by atoms with E-state index >= 15 is 0 Å². The van der Waals surface area contributed by atoms with Gasteiger partial charge in [0.25, 0.3) is 0 Å². The summed E-state index contributed by atoms with van der Waals surface area (Å²) >= 11 is 0. The maximum absolute atomic E-state index is 5.62. The van der Waals surface area contributed by atoms with E-state index < -0.39 is 0 Å². The summed E-state index contributed by atoms with van der Waals surface area (Å²) in [5.74, 6) is 2.03. The third-order valence-corrected chi connectivity index (χ3v) is 5.00. The van der Waals surface area contributed by atoms with Gasteiger partial charge in [0.15, 0.2) is 0 Å². The molecule has 0 aromatic carbocycles. The van der Waals surface area contributed by atoms with Crippen molar-refractivity contribution < 1.29 is 4.52 Å². The third-order valence-electron chi connectivity index (χ3n) is 5.00. The van der Waals surface area contributed by atoms with Gasteiger partial charge in [0.1, 0.15) is 12.1 Å². The SMILES string of the molecule is c1cc(CN2CCC[C@H]2c2nc(-c3ccc(-n4ccnc4)nc3)no2)ccn1. The summed E-state index contributed by atoms with van der Waals surface area (Å²) in [6.45, 7) is 1.87. The van der Waals surface area contributed by atoms with E-state index in [0.717, 1.165) is 37.3 Å². The number of imidazole rings is 1. The molecule has 0 N–H and O–H groups in total. The average molecular weight is 373 g/mol. The van der Waals surface area contributed by atoms with Crippen molar-refractivity contribution in [3.63, 3.8) is 0 Å². The van der Waals surface area contributed by atoms with Gasteiger partial charge in [-0.3, -0.25) is 14.5 Å². The summed E-state index contributed by atoms with van der Waals surface area (Å²) in [7, 11) is 0. The van der Waals surface area contributed by atoms with Crippen LogP contribution in [0.25, 0.3) is 17.2 Å². The van der Waals surface area contributed by atoms with Crippen molar-refractivity contribution in [2.75, 3.05) is 6.54 Å². The third kappa shape index (κ3) is 3.29. The fourth-order valence-corrected chi connectivity index (χ4v) is 3.57. The van der Waals surface area contributed by atoms with Gasteiger partial charge in [0, 0.05) is 43.1 Å². The van der Waals surface area contributed by atoms with Gasteiger partial charge in [-0.05, 0) is 49.2 Å². The molecule has 0 radical (unpaired) electrons. The van der Waals surface area contributed by atoms with E-state index in [-0.39, 0.29) is 6.04 Å². The second-order valence-electron chi connectivity index (χ2n) is 6.82. The normalized spacial score (nSPS) is 17.2. The first-order chi connectivity index (χ1) is 13.9. The summed E-state index contributed by atoms with van der Waals surface area (Å²) in [5, 5.41) is 4.18. The summed E-state index contributed by atoms with van der Waals surface area (Å²) in [6.07, 6.45) is 12.8. The molecule has 5 rings (SSSR count). The molecule has 0 amide bonds. The Morgan fingerprint density at radius 2 is 2.00 bits per heavy atom. The highest BCUT2D eigenvalue weighted by molar-refractivity contribution is 5.53.